The van der Waals surface area contributed by atoms with Gasteiger partial charge in [0.2, 0.25) is 0 Å². The highest BCUT2D eigenvalue weighted by atomic mass is 16.5. The molecule has 1 unspecified atom stereocenters. The Morgan fingerprint density at radius 3 is 2.81 bits per heavy atom. The van der Waals surface area contributed by atoms with Crippen molar-refractivity contribution >= 4 is 35.4 Å². The van der Waals surface area contributed by atoms with Gasteiger partial charge in [0, 0.05) is 17.1 Å². The lowest BCUT2D eigenvalue weighted by Crippen LogP contribution is -2.46. The van der Waals surface area contributed by atoms with Crippen LogP contribution >= 0.6 is 0 Å². The Labute approximate surface area is 186 Å². The lowest BCUT2D eigenvalue weighted by molar-refractivity contribution is -0.148. The van der Waals surface area contributed by atoms with Crippen molar-refractivity contribution in [2.24, 2.45) is 5.92 Å². The normalized spacial score (nSPS) is 13.8. The lowest BCUT2D eigenvalue weighted by Gasteiger charge is -2.21. The number of esters is 1. The monoisotopic (exact) mass is 433 g/mol. The molecule has 0 fully saturated rings. The SMILES string of the molecule is Cc1c(C(=O)NC(C(=O)OCc2ncc3ccccc3n2)C(C)C)ccc2c1B(O)OC2. The average molecular weight is 433 g/mol. The average Bonchev–Trinajstić information content (AvgIpc) is 3.17. The molecule has 0 aliphatic carbocycles. The predicted octanol–water partition coefficient (Wildman–Crippen LogP) is 1.65. The van der Waals surface area contributed by atoms with Crippen molar-refractivity contribution in [3.63, 3.8) is 0 Å². The number of carbonyl (C=O) groups is 2. The number of para-hydroxylation sites is 1. The van der Waals surface area contributed by atoms with Crippen molar-refractivity contribution in [2.45, 2.75) is 40.0 Å². The molecule has 0 bridgehead atoms. The molecule has 9 heteroatoms. The van der Waals surface area contributed by atoms with Crippen LogP contribution in [0.1, 0.15) is 41.2 Å². The number of aromatic nitrogens is 2. The zero-order valence-corrected chi connectivity index (χ0v) is 18.2. The minimum absolute atomic E-state index is 0.0931. The molecule has 0 radical (unpaired) electrons. The first-order valence-electron chi connectivity index (χ1n) is 10.5. The topological polar surface area (TPSA) is 111 Å². The Bertz CT molecular complexity index is 1180. The van der Waals surface area contributed by atoms with E-state index in [-0.39, 0.29) is 12.5 Å². The fourth-order valence-electron chi connectivity index (χ4n) is 3.77. The fraction of sp³-hybridized carbons (Fsp3) is 0.304. The van der Waals surface area contributed by atoms with Crippen molar-refractivity contribution in [3.8, 4) is 0 Å². The molecule has 3 aromatic rings. The first-order chi connectivity index (χ1) is 15.3. The van der Waals surface area contributed by atoms with E-state index in [1.165, 1.54) is 0 Å². The predicted molar refractivity (Wildman–Crippen MR) is 119 cm³/mol. The molecular formula is C23H24BN3O5. The maximum Gasteiger partial charge on any atom is 0.492 e. The van der Waals surface area contributed by atoms with Crippen LogP contribution in [0.2, 0.25) is 0 Å². The highest BCUT2D eigenvalue weighted by Gasteiger charge is 2.32. The van der Waals surface area contributed by atoms with Crippen molar-refractivity contribution in [1.82, 2.24) is 15.3 Å². The van der Waals surface area contributed by atoms with Gasteiger partial charge in [-0.1, -0.05) is 38.1 Å². The first-order valence-corrected chi connectivity index (χ1v) is 10.5. The molecule has 1 aliphatic heterocycles. The summed E-state index contributed by atoms with van der Waals surface area (Å²) in [5, 5.41) is 13.7. The second-order valence-electron chi connectivity index (χ2n) is 8.12. The van der Waals surface area contributed by atoms with Crippen LogP contribution in [0.25, 0.3) is 10.9 Å². The van der Waals surface area contributed by atoms with E-state index in [2.05, 4.69) is 15.3 Å². The summed E-state index contributed by atoms with van der Waals surface area (Å²) in [6.45, 7) is 5.62. The van der Waals surface area contributed by atoms with Crippen LogP contribution in [-0.2, 0) is 27.4 Å². The van der Waals surface area contributed by atoms with E-state index in [4.69, 9.17) is 9.39 Å². The maximum absolute atomic E-state index is 12.9. The van der Waals surface area contributed by atoms with Gasteiger partial charge in [0.25, 0.3) is 5.91 Å². The molecule has 1 aromatic heterocycles. The fourth-order valence-corrected chi connectivity index (χ4v) is 3.77. The molecule has 0 saturated carbocycles. The largest absolute Gasteiger partial charge is 0.492 e. The number of fused-ring (bicyclic) bond motifs is 2. The van der Waals surface area contributed by atoms with Gasteiger partial charge in [-0.15, -0.1) is 0 Å². The van der Waals surface area contributed by atoms with Crippen LogP contribution in [0, 0.1) is 12.8 Å². The van der Waals surface area contributed by atoms with Gasteiger partial charge in [-0.05, 0) is 41.6 Å². The van der Waals surface area contributed by atoms with Gasteiger partial charge >= 0.3 is 13.1 Å². The summed E-state index contributed by atoms with van der Waals surface area (Å²) in [6.07, 6.45) is 1.68. The quantitative estimate of drug-likeness (QED) is 0.449. The van der Waals surface area contributed by atoms with Crippen LogP contribution < -0.4 is 10.8 Å². The van der Waals surface area contributed by atoms with Gasteiger partial charge in [-0.2, -0.15) is 0 Å². The Kier molecular flexibility index (Phi) is 6.20. The molecule has 1 atom stereocenters. The Morgan fingerprint density at radius 2 is 2.03 bits per heavy atom. The molecule has 4 rings (SSSR count). The Balaban J connectivity index is 1.45. The molecule has 164 valence electrons. The molecule has 1 aliphatic rings. The number of amides is 1. The summed E-state index contributed by atoms with van der Waals surface area (Å²) in [7, 11) is -1.05. The summed E-state index contributed by atoms with van der Waals surface area (Å²) < 4.78 is 10.7. The Hall–Kier alpha value is -3.30. The van der Waals surface area contributed by atoms with E-state index in [1.807, 2.05) is 38.1 Å². The lowest BCUT2D eigenvalue weighted by atomic mass is 9.75. The minimum Gasteiger partial charge on any atom is -0.456 e. The number of hydrogen-bond acceptors (Lipinski definition) is 7. The van der Waals surface area contributed by atoms with Crippen LogP contribution in [0.15, 0.2) is 42.6 Å². The standard InChI is InChI=1S/C23H24BN3O5/c1-13(2)21(23(29)31-12-19-25-10-15-6-4-5-7-18(15)26-19)27-22(28)17-9-8-16-11-32-24(30)20(16)14(17)3/h4-10,13,21,30H,11-12H2,1-3H3,(H,27,28). The highest BCUT2D eigenvalue weighted by molar-refractivity contribution is 6.62. The van der Waals surface area contributed by atoms with Crippen LogP contribution in [0.3, 0.4) is 0 Å². The molecule has 2 N–H and O–H groups in total. The third kappa shape index (κ3) is 4.35. The van der Waals surface area contributed by atoms with Gasteiger partial charge in [-0.25, -0.2) is 14.8 Å². The first kappa shape index (κ1) is 21.9. The summed E-state index contributed by atoms with van der Waals surface area (Å²) in [4.78, 5) is 34.3. The third-order valence-corrected chi connectivity index (χ3v) is 5.58. The van der Waals surface area contributed by atoms with Crippen LogP contribution in [0.5, 0.6) is 0 Å². The molecule has 0 spiro atoms. The van der Waals surface area contributed by atoms with Gasteiger partial charge < -0.3 is 19.7 Å². The number of hydrogen-bond donors (Lipinski definition) is 2. The minimum atomic E-state index is -1.05. The van der Waals surface area contributed by atoms with Crippen molar-refractivity contribution in [3.05, 3.63) is 65.1 Å². The van der Waals surface area contributed by atoms with E-state index < -0.39 is 25.0 Å². The second-order valence-corrected chi connectivity index (χ2v) is 8.12. The van der Waals surface area contributed by atoms with E-state index in [0.29, 0.717) is 29.0 Å². The van der Waals surface area contributed by atoms with E-state index in [1.54, 1.807) is 25.3 Å². The van der Waals surface area contributed by atoms with E-state index in [9.17, 15) is 14.6 Å². The number of benzene rings is 2. The second kappa shape index (κ2) is 9.06. The summed E-state index contributed by atoms with van der Waals surface area (Å²) >= 11 is 0. The molecule has 2 aromatic carbocycles. The molecule has 1 amide bonds. The number of rotatable bonds is 6. The number of nitrogens with one attached hydrogen (secondary N) is 1. The maximum atomic E-state index is 12.9. The summed E-state index contributed by atoms with van der Waals surface area (Å²) in [5.74, 6) is -0.795. The van der Waals surface area contributed by atoms with Crippen LogP contribution in [-0.4, -0.2) is 40.0 Å². The van der Waals surface area contributed by atoms with Gasteiger partial charge in [-0.3, -0.25) is 4.79 Å². The third-order valence-electron chi connectivity index (χ3n) is 5.58. The number of nitrogens with zero attached hydrogens (tertiary/aromatic N) is 2. The molecule has 32 heavy (non-hydrogen) atoms. The van der Waals surface area contributed by atoms with Gasteiger partial charge in [0.15, 0.2) is 12.4 Å². The smallest absolute Gasteiger partial charge is 0.456 e. The van der Waals surface area contributed by atoms with Gasteiger partial charge in [0.1, 0.15) is 6.04 Å². The Morgan fingerprint density at radius 1 is 1.25 bits per heavy atom. The van der Waals surface area contributed by atoms with Crippen molar-refractivity contribution in [2.75, 3.05) is 0 Å². The molecule has 0 saturated heterocycles. The van der Waals surface area contributed by atoms with E-state index in [0.717, 1.165) is 16.5 Å². The zero-order valence-electron chi connectivity index (χ0n) is 18.2. The molecule has 8 nitrogen and oxygen atoms in total. The molecule has 2 heterocycles. The molecular weight excluding hydrogens is 409 g/mol. The van der Waals surface area contributed by atoms with E-state index >= 15 is 0 Å². The highest BCUT2D eigenvalue weighted by Crippen LogP contribution is 2.17. The summed E-state index contributed by atoms with van der Waals surface area (Å²) in [6, 6.07) is 10.1. The summed E-state index contributed by atoms with van der Waals surface area (Å²) in [5.41, 5.74) is 3.23. The number of carbonyl (C=O) groups excluding carboxylic acids is 2. The van der Waals surface area contributed by atoms with Gasteiger partial charge in [0.05, 0.1) is 12.1 Å². The van der Waals surface area contributed by atoms with Crippen molar-refractivity contribution in [1.29, 1.82) is 0 Å². The van der Waals surface area contributed by atoms with Crippen molar-refractivity contribution < 1.29 is 24.0 Å². The van der Waals surface area contributed by atoms with Crippen LogP contribution in [0.4, 0.5) is 0 Å². The zero-order chi connectivity index (χ0) is 22.8. The number of ether oxygens (including phenoxy) is 1.